The smallest absolute Gasteiger partial charge is 0.312 e. The standard InChI is InChI=1S/C20H11N3O3/c21-12-15-10-18(23(24)25)20(11-16(15)13-22)26-19-9-5-4-8-17(19)14-6-2-1-3-7-14/h1-11H. The Morgan fingerprint density at radius 1 is 0.846 bits per heavy atom. The van der Waals surface area contributed by atoms with Gasteiger partial charge in [0, 0.05) is 17.7 Å². The Morgan fingerprint density at radius 3 is 2.12 bits per heavy atom. The molecule has 0 bridgehead atoms. The third-order valence-corrected chi connectivity index (χ3v) is 3.73. The highest BCUT2D eigenvalue weighted by atomic mass is 16.6. The molecule has 0 saturated carbocycles. The van der Waals surface area contributed by atoms with Gasteiger partial charge >= 0.3 is 5.69 Å². The van der Waals surface area contributed by atoms with Gasteiger partial charge in [0.2, 0.25) is 5.75 Å². The highest BCUT2D eigenvalue weighted by Gasteiger charge is 2.21. The number of hydrogen-bond acceptors (Lipinski definition) is 5. The molecule has 0 fully saturated rings. The second-order valence-electron chi connectivity index (χ2n) is 5.31. The molecule has 0 amide bonds. The first-order valence-corrected chi connectivity index (χ1v) is 7.59. The molecule has 6 nitrogen and oxygen atoms in total. The van der Waals surface area contributed by atoms with Crippen LogP contribution in [0.5, 0.6) is 11.5 Å². The van der Waals surface area contributed by atoms with Gasteiger partial charge in [-0.2, -0.15) is 10.5 Å². The summed E-state index contributed by atoms with van der Waals surface area (Å²) in [6.07, 6.45) is 0. The number of nitro benzene ring substituents is 1. The maximum absolute atomic E-state index is 11.4. The average Bonchev–Trinajstić information content (AvgIpc) is 2.68. The molecular formula is C20H11N3O3. The van der Waals surface area contributed by atoms with Gasteiger partial charge in [-0.1, -0.05) is 48.5 Å². The van der Waals surface area contributed by atoms with Crippen LogP contribution in [0.2, 0.25) is 0 Å². The molecule has 124 valence electrons. The molecule has 3 rings (SSSR count). The molecule has 0 N–H and O–H groups in total. The van der Waals surface area contributed by atoms with Gasteiger partial charge in [-0.05, 0) is 11.6 Å². The minimum absolute atomic E-state index is 0.0188. The zero-order valence-electron chi connectivity index (χ0n) is 13.4. The fourth-order valence-corrected chi connectivity index (χ4v) is 2.51. The number of para-hydroxylation sites is 1. The predicted molar refractivity (Wildman–Crippen MR) is 94.5 cm³/mol. The van der Waals surface area contributed by atoms with Crippen LogP contribution in [0.15, 0.2) is 66.7 Å². The van der Waals surface area contributed by atoms with Crippen molar-refractivity contribution in [1.82, 2.24) is 0 Å². The molecule has 3 aromatic carbocycles. The zero-order valence-corrected chi connectivity index (χ0v) is 13.4. The molecule has 0 atom stereocenters. The first-order chi connectivity index (χ1) is 12.6. The number of benzene rings is 3. The first kappa shape index (κ1) is 16.7. The van der Waals surface area contributed by atoms with Gasteiger partial charge in [0.05, 0.1) is 16.1 Å². The third-order valence-electron chi connectivity index (χ3n) is 3.73. The maximum Gasteiger partial charge on any atom is 0.312 e. The normalized spacial score (nSPS) is 9.77. The second-order valence-corrected chi connectivity index (χ2v) is 5.31. The van der Waals surface area contributed by atoms with E-state index in [1.807, 2.05) is 48.5 Å². The highest BCUT2D eigenvalue weighted by molar-refractivity contribution is 5.71. The van der Waals surface area contributed by atoms with Crippen LogP contribution in [0, 0.1) is 32.8 Å². The molecule has 0 spiro atoms. The number of nitrogens with zero attached hydrogens (tertiary/aromatic N) is 3. The van der Waals surface area contributed by atoms with E-state index < -0.39 is 4.92 Å². The van der Waals surface area contributed by atoms with Gasteiger partial charge in [0.15, 0.2) is 0 Å². The third kappa shape index (κ3) is 3.21. The minimum Gasteiger partial charge on any atom is -0.449 e. The second kappa shape index (κ2) is 7.16. The van der Waals surface area contributed by atoms with Gasteiger partial charge in [0.1, 0.15) is 17.9 Å². The van der Waals surface area contributed by atoms with Gasteiger partial charge in [-0.3, -0.25) is 10.1 Å². The molecule has 0 aliphatic rings. The average molecular weight is 341 g/mol. The van der Waals surface area contributed by atoms with Crippen LogP contribution < -0.4 is 4.74 Å². The molecule has 6 heteroatoms. The van der Waals surface area contributed by atoms with E-state index >= 15 is 0 Å². The molecule has 0 unspecified atom stereocenters. The lowest BCUT2D eigenvalue weighted by molar-refractivity contribution is -0.385. The summed E-state index contributed by atoms with van der Waals surface area (Å²) in [6.45, 7) is 0. The summed E-state index contributed by atoms with van der Waals surface area (Å²) in [4.78, 5) is 10.7. The molecule has 0 saturated heterocycles. The van der Waals surface area contributed by atoms with Gasteiger partial charge < -0.3 is 4.74 Å². The zero-order chi connectivity index (χ0) is 18.5. The summed E-state index contributed by atoms with van der Waals surface area (Å²) in [5.41, 5.74) is 1.22. The van der Waals surface area contributed by atoms with E-state index in [1.165, 1.54) is 6.07 Å². The lowest BCUT2D eigenvalue weighted by atomic mass is 10.0. The van der Waals surface area contributed by atoms with Crippen molar-refractivity contribution in [3.8, 4) is 34.8 Å². The van der Waals surface area contributed by atoms with Crippen molar-refractivity contribution in [2.75, 3.05) is 0 Å². The van der Waals surface area contributed by atoms with E-state index in [2.05, 4.69) is 0 Å². The fourth-order valence-electron chi connectivity index (χ4n) is 2.51. The fraction of sp³-hybridized carbons (Fsp3) is 0. The van der Waals surface area contributed by atoms with E-state index in [0.29, 0.717) is 5.75 Å². The summed E-state index contributed by atoms with van der Waals surface area (Å²) in [6, 6.07) is 22.5. The first-order valence-electron chi connectivity index (χ1n) is 7.59. The Balaban J connectivity index is 2.12. The quantitative estimate of drug-likeness (QED) is 0.501. The van der Waals surface area contributed by atoms with Crippen LogP contribution >= 0.6 is 0 Å². The number of hydrogen-bond donors (Lipinski definition) is 0. The van der Waals surface area contributed by atoms with Crippen LogP contribution in [0.25, 0.3) is 11.1 Å². The van der Waals surface area contributed by atoms with Crippen molar-refractivity contribution in [2.45, 2.75) is 0 Å². The monoisotopic (exact) mass is 341 g/mol. The van der Waals surface area contributed by atoms with Crippen LogP contribution in [0.3, 0.4) is 0 Å². The van der Waals surface area contributed by atoms with Crippen molar-refractivity contribution in [1.29, 1.82) is 10.5 Å². The molecule has 0 heterocycles. The lowest BCUT2D eigenvalue weighted by Crippen LogP contribution is -1.97. The Labute approximate surface area is 149 Å². The number of nitriles is 2. The van der Waals surface area contributed by atoms with Gasteiger partial charge in [-0.25, -0.2) is 0 Å². The van der Waals surface area contributed by atoms with Crippen LogP contribution in [-0.4, -0.2) is 4.92 Å². The maximum atomic E-state index is 11.4. The highest BCUT2D eigenvalue weighted by Crippen LogP contribution is 2.38. The summed E-state index contributed by atoms with van der Waals surface area (Å²) in [7, 11) is 0. The van der Waals surface area contributed by atoms with Crippen LogP contribution in [0.1, 0.15) is 11.1 Å². The molecule has 0 aliphatic carbocycles. The van der Waals surface area contributed by atoms with Gasteiger partial charge in [0.25, 0.3) is 0 Å². The Bertz CT molecular complexity index is 1060. The van der Waals surface area contributed by atoms with E-state index in [4.69, 9.17) is 10.00 Å². The summed E-state index contributed by atoms with van der Waals surface area (Å²) >= 11 is 0. The van der Waals surface area contributed by atoms with E-state index in [0.717, 1.165) is 17.2 Å². The SMILES string of the molecule is N#Cc1cc(Oc2ccccc2-c2ccccc2)c([N+](=O)[O-])cc1C#N. The Hall–Kier alpha value is -4.16. The van der Waals surface area contributed by atoms with E-state index in [-0.39, 0.29) is 22.6 Å². The molecule has 0 aliphatic heterocycles. The number of nitro groups is 1. The molecule has 0 radical (unpaired) electrons. The van der Waals surface area contributed by atoms with Gasteiger partial charge in [-0.15, -0.1) is 0 Å². The van der Waals surface area contributed by atoms with E-state index in [1.54, 1.807) is 18.2 Å². The van der Waals surface area contributed by atoms with Crippen molar-refractivity contribution in [3.05, 3.63) is 88.0 Å². The van der Waals surface area contributed by atoms with E-state index in [9.17, 15) is 15.4 Å². The van der Waals surface area contributed by atoms with Crippen LogP contribution in [0.4, 0.5) is 5.69 Å². The Kier molecular flexibility index (Phi) is 4.60. The summed E-state index contributed by atoms with van der Waals surface area (Å²) < 4.78 is 5.80. The number of ether oxygens (including phenoxy) is 1. The number of rotatable bonds is 4. The van der Waals surface area contributed by atoms with Crippen molar-refractivity contribution < 1.29 is 9.66 Å². The summed E-state index contributed by atoms with van der Waals surface area (Å²) in [5.74, 6) is 0.323. The van der Waals surface area contributed by atoms with Crippen molar-refractivity contribution >= 4 is 5.69 Å². The molecule has 0 aromatic heterocycles. The topological polar surface area (TPSA) is 99.9 Å². The van der Waals surface area contributed by atoms with Crippen molar-refractivity contribution in [3.63, 3.8) is 0 Å². The van der Waals surface area contributed by atoms with Crippen LogP contribution in [-0.2, 0) is 0 Å². The molecule has 26 heavy (non-hydrogen) atoms. The predicted octanol–water partition coefficient (Wildman–Crippen LogP) is 4.80. The van der Waals surface area contributed by atoms with Crippen molar-refractivity contribution in [2.24, 2.45) is 0 Å². The molecule has 3 aromatic rings. The lowest BCUT2D eigenvalue weighted by Gasteiger charge is -2.12. The molecular weight excluding hydrogens is 330 g/mol. The summed E-state index contributed by atoms with van der Waals surface area (Å²) in [5, 5.41) is 29.6. The Morgan fingerprint density at radius 2 is 1.46 bits per heavy atom. The largest absolute Gasteiger partial charge is 0.449 e. The minimum atomic E-state index is -0.636.